The van der Waals surface area contributed by atoms with Crippen molar-refractivity contribution >= 4 is 23.6 Å². The molecule has 3 atom stereocenters. The van der Waals surface area contributed by atoms with Gasteiger partial charge in [-0.2, -0.15) is 13.2 Å². The highest BCUT2D eigenvalue weighted by Gasteiger charge is 2.52. The van der Waals surface area contributed by atoms with Crippen molar-refractivity contribution in [1.29, 1.82) is 0 Å². The standard InChI is InChI=1S/C23H19F3N2O3S/c24-23(25,26)12-11-16-13-17(28-20(29)18(27)21(28)32-16)22(30)31-19(14-7-3-1-4-8-14)15-9-5-2-6-10-15/h1-13,16,18-19,21H,27H2/t16?,18?,21-/m1/s1. The van der Waals surface area contributed by atoms with Crippen molar-refractivity contribution in [2.45, 2.75) is 28.9 Å². The van der Waals surface area contributed by atoms with Gasteiger partial charge in [0, 0.05) is 11.3 Å². The number of benzene rings is 2. The lowest BCUT2D eigenvalue weighted by atomic mass is 10.0. The Morgan fingerprint density at radius 2 is 1.62 bits per heavy atom. The molecule has 1 fully saturated rings. The summed E-state index contributed by atoms with van der Waals surface area (Å²) in [5.74, 6) is -1.28. The van der Waals surface area contributed by atoms with E-state index in [1.807, 2.05) is 36.4 Å². The van der Waals surface area contributed by atoms with Gasteiger partial charge in [-0.3, -0.25) is 9.69 Å². The Balaban J connectivity index is 1.65. The first-order chi connectivity index (χ1) is 15.2. The van der Waals surface area contributed by atoms with Crippen molar-refractivity contribution in [2.24, 2.45) is 5.73 Å². The van der Waals surface area contributed by atoms with Gasteiger partial charge in [0.15, 0.2) is 6.10 Å². The molecule has 2 aliphatic heterocycles. The minimum absolute atomic E-state index is 0.103. The van der Waals surface area contributed by atoms with Crippen LogP contribution in [0.5, 0.6) is 0 Å². The molecule has 2 aromatic rings. The number of hydrogen-bond acceptors (Lipinski definition) is 5. The molecule has 2 N–H and O–H groups in total. The van der Waals surface area contributed by atoms with E-state index in [0.29, 0.717) is 0 Å². The first-order valence-electron chi connectivity index (χ1n) is 9.77. The molecule has 0 radical (unpaired) electrons. The van der Waals surface area contributed by atoms with Crippen LogP contribution in [0.3, 0.4) is 0 Å². The van der Waals surface area contributed by atoms with Crippen LogP contribution in [0.25, 0.3) is 0 Å². The third kappa shape index (κ3) is 4.58. The van der Waals surface area contributed by atoms with Gasteiger partial charge in [0.05, 0.1) is 0 Å². The average molecular weight is 460 g/mol. The minimum atomic E-state index is -4.49. The third-order valence-electron chi connectivity index (χ3n) is 5.08. The summed E-state index contributed by atoms with van der Waals surface area (Å²) in [5, 5.41) is -1.42. The number of allylic oxidation sites excluding steroid dienone is 1. The maximum atomic E-state index is 13.2. The molecule has 2 aromatic carbocycles. The third-order valence-corrected chi connectivity index (χ3v) is 6.47. The Bertz CT molecular complexity index is 1020. The van der Waals surface area contributed by atoms with Crippen LogP contribution in [-0.4, -0.2) is 39.6 Å². The zero-order chi connectivity index (χ0) is 22.9. The first-order valence-corrected chi connectivity index (χ1v) is 10.7. The Labute approximate surface area is 186 Å². The number of nitrogens with zero attached hydrogens (tertiary/aromatic N) is 1. The van der Waals surface area contributed by atoms with Gasteiger partial charge in [0.25, 0.3) is 0 Å². The van der Waals surface area contributed by atoms with E-state index >= 15 is 0 Å². The number of carbonyl (C=O) groups is 2. The number of thioether (sulfide) groups is 1. The molecule has 1 amide bonds. The van der Waals surface area contributed by atoms with Gasteiger partial charge in [-0.25, -0.2) is 4.79 Å². The van der Waals surface area contributed by atoms with E-state index < -0.39 is 40.8 Å². The van der Waals surface area contributed by atoms with Gasteiger partial charge in [-0.1, -0.05) is 66.7 Å². The highest BCUT2D eigenvalue weighted by atomic mass is 32.2. The molecule has 32 heavy (non-hydrogen) atoms. The van der Waals surface area contributed by atoms with Gasteiger partial charge in [0.1, 0.15) is 17.1 Å². The smallest absolute Gasteiger partial charge is 0.409 e. The summed E-state index contributed by atoms with van der Waals surface area (Å²) in [4.78, 5) is 26.7. The minimum Gasteiger partial charge on any atom is -0.448 e. The highest BCUT2D eigenvalue weighted by molar-refractivity contribution is 8.01. The summed E-state index contributed by atoms with van der Waals surface area (Å²) in [6.45, 7) is 0. The van der Waals surface area contributed by atoms with Crippen LogP contribution >= 0.6 is 11.8 Å². The second-order valence-corrected chi connectivity index (χ2v) is 8.58. The molecule has 9 heteroatoms. The molecule has 4 rings (SSSR count). The van der Waals surface area contributed by atoms with Crippen LogP contribution in [0.1, 0.15) is 17.2 Å². The number of carbonyl (C=O) groups excluding carboxylic acids is 2. The van der Waals surface area contributed by atoms with E-state index in [-0.39, 0.29) is 11.8 Å². The summed E-state index contributed by atoms with van der Waals surface area (Å²) < 4.78 is 43.7. The fourth-order valence-electron chi connectivity index (χ4n) is 3.55. The molecule has 2 aliphatic rings. The quantitative estimate of drug-likeness (QED) is 0.416. The predicted octanol–water partition coefficient (Wildman–Crippen LogP) is 3.93. The largest absolute Gasteiger partial charge is 0.448 e. The summed E-state index contributed by atoms with van der Waals surface area (Å²) >= 11 is 1.08. The summed E-state index contributed by atoms with van der Waals surface area (Å²) in [7, 11) is 0. The number of fused-ring (bicyclic) bond motifs is 1. The maximum Gasteiger partial charge on any atom is 0.409 e. The Morgan fingerprint density at radius 1 is 1.06 bits per heavy atom. The molecule has 0 aliphatic carbocycles. The molecular formula is C23H19F3N2O3S. The Kier molecular flexibility index (Phi) is 6.12. The lowest BCUT2D eigenvalue weighted by Crippen LogP contribution is -2.68. The van der Waals surface area contributed by atoms with Crippen LogP contribution in [-0.2, 0) is 14.3 Å². The molecule has 1 saturated heterocycles. The van der Waals surface area contributed by atoms with Gasteiger partial charge in [-0.15, -0.1) is 11.8 Å². The zero-order valence-electron chi connectivity index (χ0n) is 16.6. The fourth-order valence-corrected chi connectivity index (χ4v) is 4.87. The molecule has 0 spiro atoms. The van der Waals surface area contributed by atoms with Gasteiger partial charge >= 0.3 is 12.1 Å². The molecule has 2 heterocycles. The predicted molar refractivity (Wildman–Crippen MR) is 114 cm³/mol. The molecule has 2 unspecified atom stereocenters. The Morgan fingerprint density at radius 3 is 2.16 bits per heavy atom. The number of amides is 1. The number of hydrogen-bond donors (Lipinski definition) is 1. The zero-order valence-corrected chi connectivity index (χ0v) is 17.4. The van der Waals surface area contributed by atoms with E-state index in [4.69, 9.17) is 10.5 Å². The van der Waals surface area contributed by atoms with Gasteiger partial charge in [-0.05, 0) is 17.2 Å². The second kappa shape index (κ2) is 8.84. The number of rotatable bonds is 5. The van der Waals surface area contributed by atoms with E-state index in [1.54, 1.807) is 24.3 Å². The number of nitrogens with two attached hydrogens (primary N) is 1. The SMILES string of the molecule is NC1C(=O)N2C(C(=O)OC(c3ccccc3)c3ccccc3)=CC(C=CC(F)(F)F)S[C@H]12. The van der Waals surface area contributed by atoms with E-state index in [2.05, 4.69) is 0 Å². The number of halogens is 3. The molecule has 0 aromatic heterocycles. The molecule has 5 nitrogen and oxygen atoms in total. The summed E-state index contributed by atoms with van der Waals surface area (Å²) in [5.41, 5.74) is 7.16. The van der Waals surface area contributed by atoms with Crippen LogP contribution in [0.4, 0.5) is 13.2 Å². The van der Waals surface area contributed by atoms with Crippen LogP contribution in [0, 0.1) is 0 Å². The van der Waals surface area contributed by atoms with Crippen LogP contribution in [0.2, 0.25) is 0 Å². The maximum absolute atomic E-state index is 13.2. The van der Waals surface area contributed by atoms with Gasteiger partial charge in [0.2, 0.25) is 5.91 Å². The summed E-state index contributed by atoms with van der Waals surface area (Å²) in [6, 6.07) is 17.2. The number of esters is 1. The van der Waals surface area contributed by atoms with E-state index in [9.17, 15) is 22.8 Å². The van der Waals surface area contributed by atoms with Crippen molar-refractivity contribution in [3.63, 3.8) is 0 Å². The van der Waals surface area contributed by atoms with E-state index in [0.717, 1.165) is 29.0 Å². The fraction of sp³-hybridized carbons (Fsp3) is 0.217. The monoisotopic (exact) mass is 460 g/mol. The summed E-state index contributed by atoms with van der Waals surface area (Å²) in [6.07, 6.45) is -2.88. The van der Waals surface area contributed by atoms with Crippen molar-refractivity contribution in [3.05, 3.63) is 95.7 Å². The number of β-lactam (4-membered cyclic amide) rings is 1. The highest BCUT2D eigenvalue weighted by Crippen LogP contribution is 2.42. The number of ether oxygens (including phenoxy) is 1. The molecular weight excluding hydrogens is 441 g/mol. The number of alkyl halides is 3. The topological polar surface area (TPSA) is 72.6 Å². The molecule has 0 saturated carbocycles. The van der Waals surface area contributed by atoms with Crippen molar-refractivity contribution < 1.29 is 27.5 Å². The lowest BCUT2D eigenvalue weighted by Gasteiger charge is -2.48. The van der Waals surface area contributed by atoms with Gasteiger partial charge < -0.3 is 10.5 Å². The van der Waals surface area contributed by atoms with Crippen LogP contribution < -0.4 is 5.73 Å². The average Bonchev–Trinajstić information content (AvgIpc) is 2.80. The molecule has 166 valence electrons. The second-order valence-electron chi connectivity index (χ2n) is 7.28. The molecule has 0 bridgehead atoms. The van der Waals surface area contributed by atoms with E-state index in [1.165, 1.54) is 11.0 Å². The van der Waals surface area contributed by atoms with Crippen molar-refractivity contribution in [1.82, 2.24) is 4.90 Å². The van der Waals surface area contributed by atoms with Crippen molar-refractivity contribution in [3.8, 4) is 0 Å². The van der Waals surface area contributed by atoms with Crippen LogP contribution in [0.15, 0.2) is 84.6 Å². The lowest BCUT2D eigenvalue weighted by molar-refractivity contribution is -0.152. The normalized spacial score (nSPS) is 23.0. The Hall–Kier alpha value is -3.04. The van der Waals surface area contributed by atoms with Crippen molar-refractivity contribution in [2.75, 3.05) is 0 Å². The first kappa shape index (κ1) is 22.2.